The number of rotatable bonds is 11. The topological polar surface area (TPSA) is 390 Å². The van der Waals surface area contributed by atoms with Crippen LogP contribution >= 0.6 is 45.3 Å². The summed E-state index contributed by atoms with van der Waals surface area (Å²) in [4.78, 5) is 139. The van der Waals surface area contributed by atoms with Crippen LogP contribution in [0.5, 0.6) is 0 Å². The number of carbonyl (C=O) groups is 6. The van der Waals surface area contributed by atoms with Crippen molar-refractivity contribution in [3.63, 3.8) is 0 Å². The van der Waals surface area contributed by atoms with E-state index in [-0.39, 0.29) is 82.9 Å². The van der Waals surface area contributed by atoms with Gasteiger partial charge < -0.3 is 60.3 Å². The normalized spacial score (nSPS) is 21.4. The molecule has 12 aromatic rings. The first-order valence-electron chi connectivity index (χ1n) is 44.7. The fourth-order valence-electron chi connectivity index (χ4n) is 18.4. The molecular weight excluding hydrogens is 1870 g/mol. The number of piperidine rings is 2. The maximum absolute atomic E-state index is 15.1. The molecule has 30 nitrogen and oxygen atoms in total. The number of hydrogen-bond donors (Lipinski definition) is 7. The number of ketones is 1. The zero-order chi connectivity index (χ0) is 97.8. The summed E-state index contributed by atoms with van der Waals surface area (Å²) < 4.78 is 146. The fourth-order valence-corrected chi connectivity index (χ4v) is 22.2. The number of thiazole rings is 4. The van der Waals surface area contributed by atoms with Gasteiger partial charge in [0.15, 0.2) is 63.6 Å². The summed E-state index contributed by atoms with van der Waals surface area (Å²) in [5, 5.41) is 18.8. The summed E-state index contributed by atoms with van der Waals surface area (Å²) in [5.74, 6) is -10.2. The smallest absolute Gasteiger partial charge is 0.410 e. The standard InChI is InChI=1S/C31H34F2N6O5S.C26H26F2N6O3S.C19H22F2N2O3S.C19H20F2N2O3S/c1-31(2,3)44-29(41)36-24-19(18-6-4-7-20(32)23(18)33)9-10-22(25-26(24)45-16-35-25)43-30(42)38-14-11-17(12-15-38)39-21-8-5-13-34-27(21)37-28(39)40;27-17-4-1-3-15(20(17)28)16-6-7-19(22-23(21(16)29)38-13-31-22)37-26(36)33-11-8-14(9-12-33)34-18-5-2-10-30-24(18)32-25(34)35;2*1-19(2,3)26-18(25)23-15-11(10-5-4-6-12(20)14(10)21)7-8-13(24)16-17(15)27-9-22-16/h4-8,13,16-17,19,22,24H,9-12,14-15H2,1-3H3,(H,36,41)(H,34,37,40);1-5,10,13-14,16,19,21H,6-9,11-12,29H2,(H,30,32,35);4-6,9,11,13,15,24H,7-8H2,1-3H3,(H,23,25);4-6,9,11,15H,7-8H2,1-3H3,(H,23,25)/t19-,22+,24-;16-,19+,21-;11-,13+,15-;11-,15-/m0000/s1. The Balaban J connectivity index is 0.000000142. The third-order valence-corrected chi connectivity index (χ3v) is 28.3. The largest absolute Gasteiger partial charge is 0.444 e. The van der Waals surface area contributed by atoms with Gasteiger partial charge in [0.05, 0.1) is 89.0 Å². The molecule has 0 spiro atoms. The lowest BCUT2D eigenvalue weighted by atomic mass is 9.87. The molecule has 2 saturated heterocycles. The number of nitrogens with two attached hydrogens (primary N) is 1. The van der Waals surface area contributed by atoms with E-state index in [0.29, 0.717) is 125 Å². The molecule has 10 heterocycles. The number of nitrogens with one attached hydrogen (secondary N) is 5. The second kappa shape index (κ2) is 41.9. The lowest BCUT2D eigenvalue weighted by molar-refractivity contribution is 0.0465. The van der Waals surface area contributed by atoms with Gasteiger partial charge in [-0.1, -0.05) is 48.5 Å². The number of imidazole rings is 2. The van der Waals surface area contributed by atoms with Crippen molar-refractivity contribution >= 4 is 104 Å². The predicted molar refractivity (Wildman–Crippen MR) is 493 cm³/mol. The van der Waals surface area contributed by atoms with Crippen LogP contribution in [0.4, 0.5) is 59.1 Å². The van der Waals surface area contributed by atoms with Crippen molar-refractivity contribution in [3.05, 3.63) is 264 Å². The second-order valence-electron chi connectivity index (χ2n) is 37.0. The van der Waals surface area contributed by atoms with E-state index < -0.39 is 160 Å². The highest BCUT2D eigenvalue weighted by Gasteiger charge is 2.45. The van der Waals surface area contributed by atoms with Crippen LogP contribution in [-0.2, 0) is 23.7 Å². The minimum atomic E-state index is -0.993. The summed E-state index contributed by atoms with van der Waals surface area (Å²) in [6.07, 6.45) is 2.60. The van der Waals surface area contributed by atoms with Crippen molar-refractivity contribution < 1.29 is 92.7 Å². The summed E-state index contributed by atoms with van der Waals surface area (Å²) in [6.45, 7) is 17.2. The summed E-state index contributed by atoms with van der Waals surface area (Å²) >= 11 is 5.03. The number of ether oxygens (including phenoxy) is 5. The molecule has 8 aromatic heterocycles. The van der Waals surface area contributed by atoms with Crippen molar-refractivity contribution in [1.82, 2.24) is 74.8 Å². The number of likely N-dealkylation sites (tertiary alicyclic amines) is 2. The van der Waals surface area contributed by atoms with Gasteiger partial charge in [0, 0.05) is 91.7 Å². The number of aromatic amines is 2. The van der Waals surface area contributed by atoms with E-state index in [1.54, 1.807) is 128 Å². The number of aromatic nitrogens is 10. The Morgan fingerprint density at radius 3 is 1.18 bits per heavy atom. The van der Waals surface area contributed by atoms with Crippen molar-refractivity contribution in [1.29, 1.82) is 0 Å². The molecule has 0 bridgehead atoms. The van der Waals surface area contributed by atoms with Crippen LogP contribution in [0.25, 0.3) is 22.3 Å². The number of Topliss-reactive ketones (excluding diaryl/α,β-unsaturated/α-hetero) is 1. The third-order valence-electron chi connectivity index (χ3n) is 24.5. The van der Waals surface area contributed by atoms with Gasteiger partial charge in [0.2, 0.25) is 0 Å². The van der Waals surface area contributed by atoms with E-state index in [2.05, 4.69) is 55.8 Å². The van der Waals surface area contributed by atoms with Crippen LogP contribution in [0.1, 0.15) is 287 Å². The van der Waals surface area contributed by atoms with E-state index >= 15 is 4.39 Å². The highest BCUT2D eigenvalue weighted by Crippen LogP contribution is 2.51. The highest BCUT2D eigenvalue weighted by atomic mass is 32.1. The molecule has 0 radical (unpaired) electrons. The average Bonchev–Trinajstić information content (AvgIpc) is 1.66. The second-order valence-corrected chi connectivity index (χ2v) is 40.5. The third kappa shape index (κ3) is 22.6. The molecule has 0 unspecified atom stereocenters. The number of amides is 5. The molecule has 2 fully saturated rings. The van der Waals surface area contributed by atoms with E-state index in [0.717, 1.165) is 35.3 Å². The molecule has 2 aliphatic heterocycles. The molecule has 11 atom stereocenters. The SMILES string of the molecule is CC(C)(C)OC(=O)N[C@@H]1c2scnc2C(=O)CC[C@H]1c1cccc(F)c1F.CC(C)(C)OC(=O)N[C@@H]1c2scnc2[C@H](O)CC[C@H]1c1cccc(F)c1F.CC(C)(C)OC(=O)N[C@@H]1c2scnc2[C@H](OC(=O)N2CCC(n3c(=O)[nH]c4ncccc43)CC2)CC[C@H]1c1cccc(F)c1F.N[C@@H]1c2scnc2[C@H](OC(=O)N2CCC(n3c(=O)[nH]c4ncccc43)CC2)CC[C@H]1c1cccc(F)c1F. The molecule has 4 aromatic carbocycles. The number of fused-ring (bicyclic) bond motifs is 6. The van der Waals surface area contributed by atoms with E-state index in [4.69, 9.17) is 29.4 Å². The number of hydrogen-bond acceptors (Lipinski definition) is 25. The number of alkyl carbamates (subject to hydrolysis) is 3. The zero-order valence-electron chi connectivity index (χ0n) is 76.0. The van der Waals surface area contributed by atoms with Gasteiger partial charge in [0.1, 0.15) is 34.7 Å². The van der Waals surface area contributed by atoms with Gasteiger partial charge in [-0.3, -0.25) is 23.9 Å². The average molecular weight is 1970 g/mol. The van der Waals surface area contributed by atoms with Crippen LogP contribution in [0.2, 0.25) is 0 Å². The summed E-state index contributed by atoms with van der Waals surface area (Å²) in [6, 6.07) is 20.3. The lowest BCUT2D eigenvalue weighted by Gasteiger charge is -2.32. The Morgan fingerprint density at radius 1 is 0.416 bits per heavy atom. The minimum absolute atomic E-state index is 0.0626. The maximum atomic E-state index is 15.1. The number of carbonyl (C=O) groups excluding carboxylic acids is 6. The number of benzene rings is 4. The van der Waals surface area contributed by atoms with Crippen LogP contribution in [0.3, 0.4) is 0 Å². The molecule has 137 heavy (non-hydrogen) atoms. The fraction of sp³-hybridized carbons (Fsp3) is 0.432. The monoisotopic (exact) mass is 1970 g/mol. The van der Waals surface area contributed by atoms with Gasteiger partial charge in [0.25, 0.3) is 0 Å². The molecule has 5 amide bonds. The Hall–Kier alpha value is -12.4. The van der Waals surface area contributed by atoms with Crippen molar-refractivity contribution in [2.75, 3.05) is 26.2 Å². The molecule has 42 heteroatoms. The number of nitrogens with zero attached hydrogens (tertiary/aromatic N) is 10. The van der Waals surface area contributed by atoms with Gasteiger partial charge in [-0.25, -0.2) is 98.6 Å². The van der Waals surface area contributed by atoms with Crippen molar-refractivity contribution in [3.8, 4) is 0 Å². The number of H-pyrrole nitrogens is 2. The molecule has 726 valence electrons. The van der Waals surface area contributed by atoms with Crippen LogP contribution < -0.4 is 33.1 Å². The molecule has 8 N–H and O–H groups in total. The van der Waals surface area contributed by atoms with Gasteiger partial charge >= 0.3 is 41.8 Å². The first-order chi connectivity index (χ1) is 65.3. The van der Waals surface area contributed by atoms with E-state index in [1.165, 1.54) is 93.3 Å². The van der Waals surface area contributed by atoms with Crippen LogP contribution in [0.15, 0.2) is 141 Å². The number of halogens is 8. The summed E-state index contributed by atoms with van der Waals surface area (Å²) in [5.41, 5.74) is 15.0. The Morgan fingerprint density at radius 2 is 0.759 bits per heavy atom. The number of aliphatic hydroxyl groups excluding tert-OH is 1. The van der Waals surface area contributed by atoms with Gasteiger partial charge in [-0.2, -0.15) is 0 Å². The number of pyridine rings is 2. The molecule has 0 saturated carbocycles. The number of aliphatic hydroxyl groups is 1. The van der Waals surface area contributed by atoms with Crippen molar-refractivity contribution in [2.24, 2.45) is 5.73 Å². The van der Waals surface area contributed by atoms with Crippen molar-refractivity contribution in [2.45, 2.75) is 234 Å². The first kappa shape index (κ1) is 99.1. The molecule has 18 rings (SSSR count). The Bertz CT molecular complexity index is 6530. The highest BCUT2D eigenvalue weighted by molar-refractivity contribution is 7.10. The molecule has 4 aliphatic carbocycles. The van der Waals surface area contributed by atoms with Gasteiger partial charge in [-0.15, -0.1) is 45.3 Å². The summed E-state index contributed by atoms with van der Waals surface area (Å²) in [7, 11) is 0. The van der Waals surface area contributed by atoms with E-state index in [9.17, 15) is 74.2 Å². The van der Waals surface area contributed by atoms with E-state index in [1.807, 2.05) is 12.1 Å². The first-order valence-corrected chi connectivity index (χ1v) is 48.2. The predicted octanol–water partition coefficient (Wildman–Crippen LogP) is 20.0. The quantitative estimate of drug-likeness (QED) is 0.0359. The maximum Gasteiger partial charge on any atom is 0.410 e. The van der Waals surface area contributed by atoms with Gasteiger partial charge in [-0.05, 0) is 204 Å². The van der Waals surface area contributed by atoms with Crippen LogP contribution in [0, 0.1) is 46.5 Å². The molecule has 6 aliphatic rings. The molecular formula is C95H102F8N16O14S4. The Kier molecular flexibility index (Phi) is 30.3. The zero-order valence-corrected chi connectivity index (χ0v) is 79.2. The van der Waals surface area contributed by atoms with Crippen LogP contribution in [-0.4, -0.2) is 143 Å². The minimum Gasteiger partial charge on any atom is -0.444 e. The Labute approximate surface area is 796 Å². The lowest BCUT2D eigenvalue weighted by Crippen LogP contribution is -2.41.